The normalized spacial score (nSPS) is 12.1. The molecule has 2 rings (SSSR count). The third kappa shape index (κ3) is 4.59. The molecule has 0 aliphatic heterocycles. The van der Waals surface area contributed by atoms with Crippen LogP contribution < -0.4 is 0 Å². The largest absolute Gasteiger partial charge is 0.416 e. The van der Waals surface area contributed by atoms with Gasteiger partial charge in [-0.05, 0) is 44.1 Å². The van der Waals surface area contributed by atoms with Crippen LogP contribution in [0.2, 0.25) is 0 Å². The molecule has 6 heteroatoms. The second-order valence-electron chi connectivity index (χ2n) is 5.49. The third-order valence-electron chi connectivity index (χ3n) is 3.62. The highest BCUT2D eigenvalue weighted by molar-refractivity contribution is 5.24. The molecule has 0 atom stereocenters. The van der Waals surface area contributed by atoms with E-state index in [9.17, 15) is 13.2 Å². The topological polar surface area (TPSA) is 21.1 Å². The lowest BCUT2D eigenvalue weighted by molar-refractivity contribution is -0.137. The molecule has 0 aliphatic carbocycles. The first kappa shape index (κ1) is 16.5. The van der Waals surface area contributed by atoms with Crippen LogP contribution in [0.3, 0.4) is 0 Å². The first-order valence-electron chi connectivity index (χ1n) is 7.17. The van der Waals surface area contributed by atoms with E-state index < -0.39 is 11.7 Å². The van der Waals surface area contributed by atoms with Gasteiger partial charge in [0.25, 0.3) is 0 Å². The molecule has 0 radical (unpaired) electrons. The van der Waals surface area contributed by atoms with Gasteiger partial charge in [0.1, 0.15) is 5.82 Å². The number of aryl methyl sites for hydroxylation is 2. The maximum absolute atomic E-state index is 12.5. The molecule has 0 saturated carbocycles. The van der Waals surface area contributed by atoms with Gasteiger partial charge in [0.05, 0.1) is 12.1 Å². The van der Waals surface area contributed by atoms with E-state index in [1.54, 1.807) is 18.3 Å². The molecule has 22 heavy (non-hydrogen) atoms. The van der Waals surface area contributed by atoms with E-state index in [-0.39, 0.29) is 0 Å². The second kappa shape index (κ2) is 6.96. The monoisotopic (exact) mass is 311 g/mol. The van der Waals surface area contributed by atoms with Crippen LogP contribution in [0.4, 0.5) is 13.2 Å². The van der Waals surface area contributed by atoms with Gasteiger partial charge in [-0.3, -0.25) is 4.90 Å². The van der Waals surface area contributed by atoms with Crippen molar-refractivity contribution in [2.45, 2.75) is 25.6 Å². The van der Waals surface area contributed by atoms with Crippen LogP contribution in [-0.4, -0.2) is 28.0 Å². The summed E-state index contributed by atoms with van der Waals surface area (Å²) in [6.07, 6.45) is 1.08. The Morgan fingerprint density at radius 1 is 1.18 bits per heavy atom. The lowest BCUT2D eigenvalue weighted by Gasteiger charge is -2.16. The predicted octanol–water partition coefficient (Wildman–Crippen LogP) is 3.50. The quantitative estimate of drug-likeness (QED) is 0.814. The Hall–Kier alpha value is -1.82. The molecular formula is C16H20F3N3. The summed E-state index contributed by atoms with van der Waals surface area (Å²) in [4.78, 5) is 6.43. The molecule has 0 saturated heterocycles. The summed E-state index contributed by atoms with van der Waals surface area (Å²) in [5.74, 6) is 0.997. The van der Waals surface area contributed by atoms with E-state index in [0.717, 1.165) is 49.5 Å². The zero-order valence-corrected chi connectivity index (χ0v) is 12.8. The van der Waals surface area contributed by atoms with E-state index in [2.05, 4.69) is 9.88 Å². The van der Waals surface area contributed by atoms with Crippen molar-refractivity contribution in [3.05, 3.63) is 53.6 Å². The van der Waals surface area contributed by atoms with Crippen molar-refractivity contribution in [3.63, 3.8) is 0 Å². The molecule has 2 aromatic rings. The average molecular weight is 311 g/mol. The van der Waals surface area contributed by atoms with Crippen LogP contribution in [-0.2, 0) is 26.2 Å². The Balaban J connectivity index is 1.77. The lowest BCUT2D eigenvalue weighted by atomic mass is 10.1. The fraction of sp³-hybridized carbons (Fsp3) is 0.438. The standard InChI is InChI=1S/C16H20F3N3/c1-21(12-15-20-9-11-22(15)2)10-3-4-13-5-7-14(8-6-13)16(17,18)19/h5-9,11H,3-4,10,12H2,1-2H3. The Morgan fingerprint density at radius 2 is 1.86 bits per heavy atom. The van der Waals surface area contributed by atoms with E-state index in [4.69, 9.17) is 0 Å². The third-order valence-corrected chi connectivity index (χ3v) is 3.62. The molecule has 0 unspecified atom stereocenters. The minimum absolute atomic E-state index is 0.594. The van der Waals surface area contributed by atoms with Crippen LogP contribution in [0, 0.1) is 0 Å². The number of rotatable bonds is 6. The Kier molecular flexibility index (Phi) is 5.24. The van der Waals surface area contributed by atoms with Crippen molar-refractivity contribution < 1.29 is 13.2 Å². The number of hydrogen-bond acceptors (Lipinski definition) is 2. The minimum Gasteiger partial charge on any atom is -0.337 e. The van der Waals surface area contributed by atoms with Crippen LogP contribution in [0.5, 0.6) is 0 Å². The molecule has 1 heterocycles. The molecule has 0 bridgehead atoms. The predicted molar refractivity (Wildman–Crippen MR) is 79.3 cm³/mol. The summed E-state index contributed by atoms with van der Waals surface area (Å²) < 4.78 is 39.4. The fourth-order valence-corrected chi connectivity index (χ4v) is 2.28. The molecule has 0 N–H and O–H groups in total. The van der Waals surface area contributed by atoms with Gasteiger partial charge < -0.3 is 4.57 Å². The van der Waals surface area contributed by atoms with Crippen molar-refractivity contribution in [1.29, 1.82) is 0 Å². The number of benzene rings is 1. The Bertz CT molecular complexity index is 587. The van der Waals surface area contributed by atoms with Gasteiger partial charge in [0.15, 0.2) is 0 Å². The first-order chi connectivity index (χ1) is 10.4. The molecule has 0 aliphatic rings. The van der Waals surface area contributed by atoms with Crippen molar-refractivity contribution in [2.75, 3.05) is 13.6 Å². The summed E-state index contributed by atoms with van der Waals surface area (Å²) in [6, 6.07) is 5.41. The van der Waals surface area contributed by atoms with Gasteiger partial charge in [0.2, 0.25) is 0 Å². The van der Waals surface area contributed by atoms with Crippen LogP contribution >= 0.6 is 0 Å². The minimum atomic E-state index is -4.26. The summed E-state index contributed by atoms with van der Waals surface area (Å²) in [5.41, 5.74) is 0.335. The lowest BCUT2D eigenvalue weighted by Crippen LogP contribution is -2.21. The maximum Gasteiger partial charge on any atom is 0.416 e. The first-order valence-corrected chi connectivity index (χ1v) is 7.17. The number of halogens is 3. The smallest absolute Gasteiger partial charge is 0.337 e. The Morgan fingerprint density at radius 3 is 2.41 bits per heavy atom. The van der Waals surface area contributed by atoms with Crippen molar-refractivity contribution in [3.8, 4) is 0 Å². The highest BCUT2D eigenvalue weighted by Gasteiger charge is 2.29. The van der Waals surface area contributed by atoms with Crippen molar-refractivity contribution >= 4 is 0 Å². The maximum atomic E-state index is 12.5. The van der Waals surface area contributed by atoms with E-state index in [1.165, 1.54) is 0 Å². The van der Waals surface area contributed by atoms with Gasteiger partial charge in [-0.15, -0.1) is 0 Å². The molecule has 0 fully saturated rings. The average Bonchev–Trinajstić information content (AvgIpc) is 2.84. The van der Waals surface area contributed by atoms with Gasteiger partial charge in [0, 0.05) is 19.4 Å². The highest BCUT2D eigenvalue weighted by atomic mass is 19.4. The molecule has 120 valence electrons. The summed E-state index contributed by atoms with van der Waals surface area (Å²) in [5, 5.41) is 0. The second-order valence-corrected chi connectivity index (χ2v) is 5.49. The number of hydrogen-bond donors (Lipinski definition) is 0. The van der Waals surface area contributed by atoms with Crippen LogP contribution in [0.1, 0.15) is 23.4 Å². The molecule has 3 nitrogen and oxygen atoms in total. The molecule has 0 spiro atoms. The molecular weight excluding hydrogens is 291 g/mol. The number of imidazole rings is 1. The molecule has 0 amide bonds. The fourth-order valence-electron chi connectivity index (χ4n) is 2.28. The van der Waals surface area contributed by atoms with Gasteiger partial charge >= 0.3 is 6.18 Å². The summed E-state index contributed by atoms with van der Waals surface area (Å²) in [6.45, 7) is 1.63. The highest BCUT2D eigenvalue weighted by Crippen LogP contribution is 2.29. The number of nitrogens with zero attached hydrogens (tertiary/aromatic N) is 3. The van der Waals surface area contributed by atoms with Crippen LogP contribution in [0.25, 0.3) is 0 Å². The Labute approximate surface area is 128 Å². The summed E-state index contributed by atoms with van der Waals surface area (Å²) in [7, 11) is 3.97. The van der Waals surface area contributed by atoms with Crippen molar-refractivity contribution in [1.82, 2.24) is 14.5 Å². The van der Waals surface area contributed by atoms with E-state index >= 15 is 0 Å². The van der Waals surface area contributed by atoms with E-state index in [1.807, 2.05) is 24.9 Å². The van der Waals surface area contributed by atoms with Gasteiger partial charge in [-0.2, -0.15) is 13.2 Å². The van der Waals surface area contributed by atoms with Gasteiger partial charge in [-0.25, -0.2) is 4.98 Å². The van der Waals surface area contributed by atoms with Crippen molar-refractivity contribution in [2.24, 2.45) is 7.05 Å². The molecule has 1 aromatic carbocycles. The molecule has 1 aromatic heterocycles. The number of aromatic nitrogens is 2. The van der Waals surface area contributed by atoms with Crippen LogP contribution in [0.15, 0.2) is 36.7 Å². The van der Waals surface area contributed by atoms with E-state index in [0.29, 0.717) is 0 Å². The van der Waals surface area contributed by atoms with Gasteiger partial charge in [-0.1, -0.05) is 12.1 Å². The zero-order chi connectivity index (χ0) is 16.2. The SMILES string of the molecule is CN(CCCc1ccc(C(F)(F)F)cc1)Cc1nccn1C. The zero-order valence-electron chi connectivity index (χ0n) is 12.8. The number of alkyl halides is 3. The summed E-state index contributed by atoms with van der Waals surface area (Å²) >= 11 is 0.